The predicted octanol–water partition coefficient (Wildman–Crippen LogP) is 4.01. The van der Waals surface area contributed by atoms with Crippen molar-refractivity contribution in [3.05, 3.63) is 71.5 Å². The number of hydrogen-bond donors (Lipinski definition) is 3. The van der Waals surface area contributed by atoms with Crippen LogP contribution < -0.4 is 16.0 Å². The maximum absolute atomic E-state index is 13.1. The second kappa shape index (κ2) is 10.9. The lowest BCUT2D eigenvalue weighted by molar-refractivity contribution is 0.0712. The van der Waals surface area contributed by atoms with Crippen LogP contribution in [0.5, 0.6) is 0 Å². The van der Waals surface area contributed by atoms with Crippen LogP contribution in [0.1, 0.15) is 58.9 Å². The third kappa shape index (κ3) is 6.11. The van der Waals surface area contributed by atoms with Gasteiger partial charge in [0, 0.05) is 38.1 Å². The van der Waals surface area contributed by atoms with Gasteiger partial charge >= 0.3 is 0 Å². The molecule has 1 fully saturated rings. The van der Waals surface area contributed by atoms with Gasteiger partial charge in [-0.3, -0.25) is 9.59 Å². The average Bonchev–Trinajstić information content (AvgIpc) is 2.88. The lowest BCUT2D eigenvalue weighted by Gasteiger charge is -2.32. The second-order valence-corrected chi connectivity index (χ2v) is 8.95. The lowest BCUT2D eigenvalue weighted by Crippen LogP contribution is -2.38. The van der Waals surface area contributed by atoms with E-state index in [9.17, 15) is 9.59 Å². The van der Waals surface area contributed by atoms with Crippen LogP contribution in [-0.2, 0) is 0 Å². The fourth-order valence-corrected chi connectivity index (χ4v) is 4.16. The van der Waals surface area contributed by atoms with E-state index in [2.05, 4.69) is 55.4 Å². The van der Waals surface area contributed by atoms with Crippen LogP contribution in [0.25, 0.3) is 0 Å². The number of amides is 2. The zero-order valence-electron chi connectivity index (χ0n) is 20.3. The minimum atomic E-state index is -0.363. The molecule has 0 radical (unpaired) electrons. The minimum absolute atomic E-state index is 0.106. The first-order valence-electron chi connectivity index (χ1n) is 11.9. The van der Waals surface area contributed by atoms with Gasteiger partial charge in [0.25, 0.3) is 11.8 Å². The number of piperidine rings is 1. The molecule has 0 aliphatic carbocycles. The van der Waals surface area contributed by atoms with Gasteiger partial charge < -0.3 is 20.9 Å². The number of rotatable bonds is 7. The quantitative estimate of drug-likeness (QED) is 0.475. The van der Waals surface area contributed by atoms with Crippen LogP contribution in [-0.4, -0.2) is 58.1 Å². The summed E-state index contributed by atoms with van der Waals surface area (Å²) in [4.78, 5) is 31.8. The van der Waals surface area contributed by atoms with E-state index < -0.39 is 0 Å². The maximum Gasteiger partial charge on any atom is 0.258 e. The number of likely N-dealkylation sites (tertiary alicyclic amines) is 1. The maximum atomic E-state index is 13.1. The van der Waals surface area contributed by atoms with Crippen molar-refractivity contribution in [2.45, 2.75) is 38.6 Å². The summed E-state index contributed by atoms with van der Waals surface area (Å²) in [6.07, 6.45) is 4.75. The number of nitrogens with zero attached hydrogens (tertiary/aromatic N) is 4. The van der Waals surface area contributed by atoms with Crippen molar-refractivity contribution < 1.29 is 9.59 Å². The molecule has 1 aromatic carbocycles. The highest BCUT2D eigenvalue weighted by Gasteiger charge is 2.25. The number of pyridine rings is 1. The Hall–Kier alpha value is -4.01. The molecule has 2 amide bonds. The Morgan fingerprint density at radius 3 is 2.34 bits per heavy atom. The summed E-state index contributed by atoms with van der Waals surface area (Å²) < 4.78 is 0. The van der Waals surface area contributed by atoms with Crippen molar-refractivity contribution >= 4 is 29.1 Å². The van der Waals surface area contributed by atoms with Gasteiger partial charge in [-0.05, 0) is 68.5 Å². The lowest BCUT2D eigenvalue weighted by atomic mass is 9.89. The van der Waals surface area contributed by atoms with E-state index in [4.69, 9.17) is 0 Å². The van der Waals surface area contributed by atoms with E-state index in [-0.39, 0.29) is 23.7 Å². The number of anilines is 3. The Bertz CT molecular complexity index is 1160. The molecule has 0 unspecified atom stereocenters. The van der Waals surface area contributed by atoms with Gasteiger partial charge in [0.2, 0.25) is 0 Å². The molecule has 1 saturated heterocycles. The smallest absolute Gasteiger partial charge is 0.258 e. The van der Waals surface area contributed by atoms with Crippen LogP contribution in [0.4, 0.5) is 17.3 Å². The molecular formula is C26H31N7O2. The SMILES string of the molecule is CNc1ccc(C2CCN(C(=O)c3cnnc(NC(=O)c4ccc(NC(C)C)nc4)c3)CC2)cc1. The number of benzene rings is 1. The number of nitrogens with one attached hydrogen (secondary N) is 3. The Morgan fingerprint density at radius 2 is 1.71 bits per heavy atom. The van der Waals surface area contributed by atoms with Crippen LogP contribution in [0.2, 0.25) is 0 Å². The van der Waals surface area contributed by atoms with E-state index in [0.717, 1.165) is 18.5 Å². The average molecular weight is 474 g/mol. The van der Waals surface area contributed by atoms with Crippen LogP contribution in [0, 0.1) is 0 Å². The first-order valence-corrected chi connectivity index (χ1v) is 11.9. The molecule has 3 heterocycles. The van der Waals surface area contributed by atoms with Gasteiger partial charge in [0.1, 0.15) is 5.82 Å². The summed E-state index contributed by atoms with van der Waals surface area (Å²) >= 11 is 0. The van der Waals surface area contributed by atoms with Crippen molar-refractivity contribution in [2.75, 3.05) is 36.1 Å². The van der Waals surface area contributed by atoms with Gasteiger partial charge in [-0.1, -0.05) is 12.1 Å². The number of carbonyl (C=O) groups excluding carboxylic acids is 2. The molecule has 2 aromatic heterocycles. The Labute approximate surface area is 205 Å². The van der Waals surface area contributed by atoms with Gasteiger partial charge in [0.05, 0.1) is 17.3 Å². The number of aromatic nitrogens is 3. The monoisotopic (exact) mass is 473 g/mol. The van der Waals surface area contributed by atoms with Gasteiger partial charge in [0.15, 0.2) is 5.82 Å². The van der Waals surface area contributed by atoms with E-state index in [0.29, 0.717) is 36.0 Å². The highest BCUT2D eigenvalue weighted by atomic mass is 16.2. The van der Waals surface area contributed by atoms with E-state index >= 15 is 0 Å². The van der Waals surface area contributed by atoms with Crippen LogP contribution in [0.3, 0.4) is 0 Å². The third-order valence-electron chi connectivity index (χ3n) is 6.06. The molecule has 182 valence electrons. The zero-order chi connectivity index (χ0) is 24.8. The molecule has 0 atom stereocenters. The van der Waals surface area contributed by atoms with Gasteiger partial charge in [-0.15, -0.1) is 5.10 Å². The number of carbonyl (C=O) groups is 2. The molecule has 0 saturated carbocycles. The van der Waals surface area contributed by atoms with Gasteiger partial charge in [-0.2, -0.15) is 5.10 Å². The normalized spacial score (nSPS) is 14.0. The van der Waals surface area contributed by atoms with E-state index in [1.807, 2.05) is 25.8 Å². The van der Waals surface area contributed by atoms with E-state index in [1.54, 1.807) is 18.2 Å². The van der Waals surface area contributed by atoms with Gasteiger partial charge in [-0.25, -0.2) is 4.98 Å². The molecule has 9 nitrogen and oxygen atoms in total. The molecule has 1 aliphatic heterocycles. The first kappa shape index (κ1) is 24.1. The second-order valence-electron chi connectivity index (χ2n) is 8.95. The molecule has 3 N–H and O–H groups in total. The highest BCUT2D eigenvalue weighted by Crippen LogP contribution is 2.29. The Kier molecular flexibility index (Phi) is 7.54. The van der Waals surface area contributed by atoms with Crippen molar-refractivity contribution in [1.82, 2.24) is 20.1 Å². The highest BCUT2D eigenvalue weighted by molar-refractivity contribution is 6.04. The molecule has 0 spiro atoms. The standard InChI is InChI=1S/C26H31N7O2/c1-17(2)30-23-9-6-20(15-28-23)25(34)31-24-14-21(16-29-32-24)26(35)33-12-10-19(11-13-33)18-4-7-22(27-3)8-5-18/h4-9,14-17,19,27H,10-13H2,1-3H3,(H,28,30)(H,31,32,34). The summed E-state index contributed by atoms with van der Waals surface area (Å²) in [5.41, 5.74) is 3.18. The van der Waals surface area contributed by atoms with Crippen LogP contribution in [0.15, 0.2) is 54.9 Å². The fraction of sp³-hybridized carbons (Fsp3) is 0.346. The molecule has 4 rings (SSSR count). The Balaban J connectivity index is 1.35. The van der Waals surface area contributed by atoms with Crippen molar-refractivity contribution in [3.8, 4) is 0 Å². The largest absolute Gasteiger partial charge is 0.388 e. The molecular weight excluding hydrogens is 442 g/mol. The van der Waals surface area contributed by atoms with E-state index in [1.165, 1.54) is 18.0 Å². The molecule has 0 bridgehead atoms. The van der Waals surface area contributed by atoms with Crippen molar-refractivity contribution in [3.63, 3.8) is 0 Å². The third-order valence-corrected chi connectivity index (χ3v) is 6.06. The van der Waals surface area contributed by atoms with Crippen molar-refractivity contribution in [2.24, 2.45) is 0 Å². The number of hydrogen-bond acceptors (Lipinski definition) is 7. The molecule has 3 aromatic rings. The summed E-state index contributed by atoms with van der Waals surface area (Å²) in [5.74, 6) is 0.890. The van der Waals surface area contributed by atoms with Crippen molar-refractivity contribution in [1.29, 1.82) is 0 Å². The summed E-state index contributed by atoms with van der Waals surface area (Å²) in [6.45, 7) is 5.37. The summed E-state index contributed by atoms with van der Waals surface area (Å²) in [6, 6.07) is 13.7. The minimum Gasteiger partial charge on any atom is -0.388 e. The Morgan fingerprint density at radius 1 is 0.971 bits per heavy atom. The van der Waals surface area contributed by atoms with Crippen LogP contribution >= 0.6 is 0 Å². The molecule has 35 heavy (non-hydrogen) atoms. The predicted molar refractivity (Wildman–Crippen MR) is 137 cm³/mol. The fourth-order valence-electron chi connectivity index (χ4n) is 4.16. The molecule has 1 aliphatic rings. The summed E-state index contributed by atoms with van der Waals surface area (Å²) in [5, 5.41) is 16.9. The zero-order valence-corrected chi connectivity index (χ0v) is 20.3. The topological polar surface area (TPSA) is 112 Å². The first-order chi connectivity index (χ1) is 16.9. The molecule has 9 heteroatoms. The summed E-state index contributed by atoms with van der Waals surface area (Å²) in [7, 11) is 1.91.